The first-order valence-corrected chi connectivity index (χ1v) is 19.9. The van der Waals surface area contributed by atoms with E-state index in [9.17, 15) is 28.4 Å². The average molecular weight is 805 g/mol. The first-order valence-electron chi connectivity index (χ1n) is 16.6. The Morgan fingerprint density at radius 1 is 0.349 bits per heavy atom. The molecule has 13 heteroatoms. The van der Waals surface area contributed by atoms with Crippen molar-refractivity contribution in [2.45, 2.75) is 175 Å². The van der Waals surface area contributed by atoms with Gasteiger partial charge in [0, 0.05) is 0 Å². The molecular formula is C30H63NdO9P3+3. The van der Waals surface area contributed by atoms with E-state index in [1.165, 1.54) is 116 Å². The monoisotopic (exact) mass is 802 g/mol. The van der Waals surface area contributed by atoms with E-state index in [4.69, 9.17) is 0 Å². The van der Waals surface area contributed by atoms with Crippen LogP contribution in [-0.2, 0) is 27.3 Å². The molecule has 253 valence electrons. The summed E-state index contributed by atoms with van der Waals surface area (Å²) in [6, 6.07) is 0. The van der Waals surface area contributed by atoms with Crippen LogP contribution in [0.3, 0.4) is 0 Å². The number of hydrogen-bond acceptors (Lipinski definition) is 9. The zero-order valence-electron chi connectivity index (χ0n) is 27.6. The minimum atomic E-state index is -2.63. The average Bonchev–Trinajstić information content (AvgIpc) is 2.95. The third-order valence-corrected chi connectivity index (χ3v) is 7.76. The van der Waals surface area contributed by atoms with Crippen LogP contribution in [0.2, 0.25) is 0 Å². The molecule has 9 nitrogen and oxygen atoms in total. The first kappa shape index (κ1) is 51.2. The van der Waals surface area contributed by atoms with Gasteiger partial charge in [0.15, 0.2) is 0 Å². The quantitative estimate of drug-likeness (QED) is 0.0511. The summed E-state index contributed by atoms with van der Waals surface area (Å²) in [6.07, 6.45) is 29.0. The summed E-state index contributed by atoms with van der Waals surface area (Å²) in [5.41, 5.74) is 0. The van der Waals surface area contributed by atoms with Gasteiger partial charge in [0.1, 0.15) is 19.8 Å². The largest absolute Gasteiger partial charge is 3.00 e. The smallest absolute Gasteiger partial charge is 0.566 e. The maximum atomic E-state index is 10.0. The summed E-state index contributed by atoms with van der Waals surface area (Å²) >= 11 is 0. The van der Waals surface area contributed by atoms with E-state index >= 15 is 0 Å². The molecule has 0 bridgehead atoms. The van der Waals surface area contributed by atoms with Gasteiger partial charge >= 0.3 is 65.6 Å². The summed E-state index contributed by atoms with van der Waals surface area (Å²) < 4.78 is 43.4. The van der Waals surface area contributed by atoms with Gasteiger partial charge in [-0.15, -0.1) is 13.6 Å². The fraction of sp³-hybridized carbons (Fsp3) is 1.00. The Kier molecular flexibility index (Phi) is 57.0. The molecule has 0 saturated carbocycles. The van der Waals surface area contributed by atoms with Crippen molar-refractivity contribution in [2.24, 2.45) is 0 Å². The molecule has 0 aromatic rings. The molecule has 0 amide bonds. The van der Waals surface area contributed by atoms with Gasteiger partial charge in [0.05, 0.1) is 0 Å². The summed E-state index contributed by atoms with van der Waals surface area (Å²) in [5, 5.41) is 0. The predicted octanol–water partition coefficient (Wildman–Crippen LogP) is 9.48. The molecule has 0 aromatic heterocycles. The van der Waals surface area contributed by atoms with Crippen molar-refractivity contribution < 1.29 is 82.8 Å². The Labute approximate surface area is 300 Å². The molecular weight excluding hydrogens is 741 g/mol. The molecule has 0 saturated heterocycles. The van der Waals surface area contributed by atoms with Gasteiger partial charge in [-0.1, -0.05) is 156 Å². The molecule has 0 aliphatic carbocycles. The van der Waals surface area contributed by atoms with Crippen molar-refractivity contribution in [2.75, 3.05) is 19.8 Å². The fourth-order valence-electron chi connectivity index (χ4n) is 4.13. The van der Waals surface area contributed by atoms with Crippen LogP contribution < -0.4 is 14.7 Å². The van der Waals surface area contributed by atoms with Crippen LogP contribution in [0.5, 0.6) is 0 Å². The van der Waals surface area contributed by atoms with E-state index in [0.717, 1.165) is 38.5 Å². The van der Waals surface area contributed by atoms with Crippen LogP contribution in [0.1, 0.15) is 175 Å². The minimum Gasteiger partial charge on any atom is -0.566 e. The predicted molar refractivity (Wildman–Crippen MR) is 169 cm³/mol. The fourth-order valence-corrected chi connectivity index (χ4v) is 4.96. The number of rotatable bonds is 30. The van der Waals surface area contributed by atoms with Crippen molar-refractivity contribution in [1.29, 1.82) is 0 Å². The summed E-state index contributed by atoms with van der Waals surface area (Å²) in [6.45, 7) is 7.69. The van der Waals surface area contributed by atoms with E-state index < -0.39 is 24.8 Å². The second-order valence-electron chi connectivity index (χ2n) is 10.6. The molecule has 0 N–H and O–H groups in total. The van der Waals surface area contributed by atoms with Gasteiger partial charge in [0.2, 0.25) is 0 Å². The Hall–Kier alpha value is 1.41. The van der Waals surface area contributed by atoms with E-state index in [0.29, 0.717) is 19.8 Å². The van der Waals surface area contributed by atoms with Crippen LogP contribution in [0.4, 0.5) is 0 Å². The topological polar surface area (TPSA) is 148 Å². The zero-order valence-corrected chi connectivity index (χ0v) is 33.5. The van der Waals surface area contributed by atoms with Crippen molar-refractivity contribution >= 4 is 24.8 Å². The van der Waals surface area contributed by atoms with E-state index in [2.05, 4.69) is 34.3 Å². The molecule has 3 atom stereocenters. The third kappa shape index (κ3) is 62.9. The molecule has 0 rings (SSSR count). The van der Waals surface area contributed by atoms with Crippen LogP contribution in [0, 0.1) is 40.8 Å². The maximum absolute atomic E-state index is 10.0. The Balaban J connectivity index is -0.000000262. The van der Waals surface area contributed by atoms with Crippen molar-refractivity contribution in [3.05, 3.63) is 0 Å². The normalized spacial score (nSPS) is 11.4. The summed E-state index contributed by atoms with van der Waals surface area (Å²) in [5.74, 6) is 0. The van der Waals surface area contributed by atoms with E-state index in [-0.39, 0.29) is 40.8 Å². The molecule has 1 radical (unpaired) electrons. The number of unbranched alkanes of at least 4 members (excludes halogenated alkanes) is 21. The molecule has 3 unspecified atom stereocenters. The van der Waals surface area contributed by atoms with Gasteiger partial charge in [-0.2, -0.15) is 0 Å². The zero-order chi connectivity index (χ0) is 31.9. The van der Waals surface area contributed by atoms with Crippen LogP contribution in [0.15, 0.2) is 0 Å². The molecule has 0 aliphatic rings. The van der Waals surface area contributed by atoms with Crippen molar-refractivity contribution in [3.8, 4) is 0 Å². The second kappa shape index (κ2) is 47.8. The Morgan fingerprint density at radius 2 is 0.512 bits per heavy atom. The summed E-state index contributed by atoms with van der Waals surface area (Å²) in [4.78, 5) is 30.1. The van der Waals surface area contributed by atoms with Crippen LogP contribution in [-0.4, -0.2) is 19.8 Å². The summed E-state index contributed by atoms with van der Waals surface area (Å²) in [7, 11) is -7.90. The van der Waals surface area contributed by atoms with Crippen molar-refractivity contribution in [3.63, 3.8) is 0 Å². The van der Waals surface area contributed by atoms with Crippen LogP contribution >= 0.6 is 24.8 Å². The Bertz CT molecular complexity index is 501. The molecule has 43 heavy (non-hydrogen) atoms. The van der Waals surface area contributed by atoms with Gasteiger partial charge in [0.25, 0.3) is 0 Å². The van der Waals surface area contributed by atoms with Crippen molar-refractivity contribution in [1.82, 2.24) is 0 Å². The molecule has 0 spiro atoms. The third-order valence-electron chi connectivity index (χ3n) is 6.58. The maximum Gasteiger partial charge on any atom is 3.00 e. The molecule has 0 heterocycles. The minimum absolute atomic E-state index is 0. The van der Waals surface area contributed by atoms with Gasteiger partial charge < -0.3 is 14.7 Å². The van der Waals surface area contributed by atoms with E-state index in [1.807, 2.05) is 0 Å². The Morgan fingerprint density at radius 3 is 0.674 bits per heavy atom. The van der Waals surface area contributed by atoms with Gasteiger partial charge in [-0.25, -0.2) is 0 Å². The standard InChI is InChI=1S/3C10H21O3P.Nd/c3*1-2-3-4-5-6-7-8-9-10-13-14(11)12;/h3*2-10H2,1H3;/q;;;+3. The molecule has 0 fully saturated rings. The van der Waals surface area contributed by atoms with Crippen LogP contribution in [0.25, 0.3) is 0 Å². The molecule has 0 aliphatic heterocycles. The second-order valence-corrected chi connectivity index (χ2v) is 12.7. The number of hydrogen-bond donors (Lipinski definition) is 0. The van der Waals surface area contributed by atoms with Gasteiger partial charge in [-0.05, 0) is 33.0 Å². The first-order chi connectivity index (χ1) is 20.3. The van der Waals surface area contributed by atoms with Gasteiger partial charge in [-0.3, -0.25) is 0 Å². The van der Waals surface area contributed by atoms with E-state index in [1.54, 1.807) is 0 Å². The molecule has 0 aromatic carbocycles. The SMILES string of the molecule is CCCCCCCCCCO[P+](=O)[O-].CCCCCCCCCCO[P+](=O)[O-].CCCCCCCCCCO[P+](=O)[O-].[Nd+3].